The van der Waals surface area contributed by atoms with Gasteiger partial charge < -0.3 is 14.9 Å². The van der Waals surface area contributed by atoms with Gasteiger partial charge in [-0.15, -0.1) is 0 Å². The molecular formula is C21H23ClFNO8P+. The number of hydrogen-bond donors (Lipinski definition) is 2. The average molecular weight is 503 g/mol. The summed E-state index contributed by atoms with van der Waals surface area (Å²) >= 11 is 5.82. The van der Waals surface area contributed by atoms with Crippen LogP contribution in [0.2, 0.25) is 5.02 Å². The van der Waals surface area contributed by atoms with Crippen LogP contribution in [0.5, 0.6) is 0 Å². The molecule has 3 unspecified atom stereocenters. The van der Waals surface area contributed by atoms with Gasteiger partial charge in [-0.25, -0.2) is 8.96 Å². The molecule has 12 heteroatoms. The number of benzene rings is 1. The molecule has 3 heterocycles. The number of ketones is 1. The summed E-state index contributed by atoms with van der Waals surface area (Å²) in [5, 5.41) is 20.8. The number of rotatable bonds is 6. The molecule has 2 aliphatic heterocycles. The smallest absolute Gasteiger partial charge is 0.387 e. The lowest BCUT2D eigenvalue weighted by molar-refractivity contribution is -0.765. The predicted octanol–water partition coefficient (Wildman–Crippen LogP) is 2.89. The Bertz CT molecular complexity index is 1090. The molecule has 6 atom stereocenters. The van der Waals surface area contributed by atoms with Gasteiger partial charge >= 0.3 is 7.82 Å². The standard InChI is InChI=1S/C21H23ClFNO8P/c1-12(25)14-3-2-7-24(10-14)21-20(27)19(26)18(31-21)11-30-33(28)29-8-6-17(32-33)13-4-5-16(23)15(22)9-13/h2-5,7,9-10,17-21,26-27H,6,8,11H2,1H3/q+1/t17?,18?,19-,20-,21-,33?/m1/s1. The number of Topliss-reactive ketones (excluding diaryl/α,β-unsaturated/α-hetero) is 1. The van der Waals surface area contributed by atoms with Crippen molar-refractivity contribution in [1.29, 1.82) is 0 Å². The molecule has 0 aliphatic carbocycles. The van der Waals surface area contributed by atoms with E-state index >= 15 is 0 Å². The fourth-order valence-corrected chi connectivity index (χ4v) is 5.24. The number of halogens is 2. The van der Waals surface area contributed by atoms with Crippen LogP contribution in [-0.2, 0) is 22.9 Å². The Kier molecular flexibility index (Phi) is 7.28. The van der Waals surface area contributed by atoms with E-state index in [0.717, 1.165) is 0 Å². The molecule has 33 heavy (non-hydrogen) atoms. The highest BCUT2D eigenvalue weighted by atomic mass is 35.5. The van der Waals surface area contributed by atoms with Crippen molar-refractivity contribution in [2.24, 2.45) is 0 Å². The molecule has 1 aromatic carbocycles. The van der Waals surface area contributed by atoms with Gasteiger partial charge in [-0.1, -0.05) is 17.7 Å². The van der Waals surface area contributed by atoms with Crippen molar-refractivity contribution in [2.45, 2.75) is 44.0 Å². The quantitative estimate of drug-likeness (QED) is 0.352. The van der Waals surface area contributed by atoms with Crippen LogP contribution in [0, 0.1) is 5.82 Å². The fraction of sp³-hybridized carbons (Fsp3) is 0.429. The number of aliphatic hydroxyl groups excluding tert-OH is 2. The Morgan fingerprint density at radius 3 is 2.85 bits per heavy atom. The lowest BCUT2D eigenvalue weighted by atomic mass is 10.1. The van der Waals surface area contributed by atoms with Crippen molar-refractivity contribution < 1.29 is 46.8 Å². The molecule has 0 bridgehead atoms. The maximum atomic E-state index is 13.4. The summed E-state index contributed by atoms with van der Waals surface area (Å²) in [5.74, 6) is -0.752. The number of aromatic nitrogens is 1. The third-order valence-corrected chi connectivity index (χ3v) is 7.22. The highest BCUT2D eigenvalue weighted by Gasteiger charge is 2.49. The van der Waals surface area contributed by atoms with Gasteiger partial charge in [0.25, 0.3) is 6.23 Å². The van der Waals surface area contributed by atoms with E-state index in [-0.39, 0.29) is 17.4 Å². The van der Waals surface area contributed by atoms with Crippen molar-refractivity contribution in [2.75, 3.05) is 13.2 Å². The van der Waals surface area contributed by atoms with Crippen molar-refractivity contribution in [1.82, 2.24) is 0 Å². The molecule has 2 saturated heterocycles. The van der Waals surface area contributed by atoms with Gasteiger partial charge in [0.15, 0.2) is 24.3 Å². The van der Waals surface area contributed by atoms with Gasteiger partial charge in [0.2, 0.25) is 0 Å². The highest BCUT2D eigenvalue weighted by molar-refractivity contribution is 7.48. The lowest BCUT2D eigenvalue weighted by Gasteiger charge is -2.29. The van der Waals surface area contributed by atoms with Crippen LogP contribution >= 0.6 is 19.4 Å². The molecule has 2 aliphatic rings. The van der Waals surface area contributed by atoms with E-state index in [1.807, 2.05) is 0 Å². The first-order valence-corrected chi connectivity index (χ1v) is 12.1. The number of carbonyl (C=O) groups excluding carboxylic acids is 1. The molecule has 178 valence electrons. The second-order valence-electron chi connectivity index (χ2n) is 7.77. The number of pyridine rings is 1. The topological polar surface area (TPSA) is 115 Å². The number of nitrogens with zero attached hydrogens (tertiary/aromatic N) is 1. The van der Waals surface area contributed by atoms with E-state index in [1.54, 1.807) is 18.3 Å². The molecule has 0 saturated carbocycles. The number of phosphoric acid groups is 1. The van der Waals surface area contributed by atoms with Crippen LogP contribution in [0.15, 0.2) is 42.7 Å². The van der Waals surface area contributed by atoms with Crippen LogP contribution in [0.1, 0.15) is 41.6 Å². The summed E-state index contributed by atoms with van der Waals surface area (Å²) in [6.07, 6.45) is -1.97. The van der Waals surface area contributed by atoms with Crippen molar-refractivity contribution in [3.8, 4) is 0 Å². The third kappa shape index (κ3) is 5.34. The van der Waals surface area contributed by atoms with E-state index in [1.165, 1.54) is 35.9 Å². The second-order valence-corrected chi connectivity index (χ2v) is 9.80. The van der Waals surface area contributed by atoms with Gasteiger partial charge in [-0.2, -0.15) is 4.57 Å². The second kappa shape index (κ2) is 9.85. The normalized spacial score (nSPS) is 32.1. The Balaban J connectivity index is 1.41. The Morgan fingerprint density at radius 1 is 1.33 bits per heavy atom. The van der Waals surface area contributed by atoms with Gasteiger partial charge in [-0.05, 0) is 30.7 Å². The van der Waals surface area contributed by atoms with Crippen LogP contribution in [0.25, 0.3) is 0 Å². The van der Waals surface area contributed by atoms with Crippen molar-refractivity contribution in [3.05, 3.63) is 64.7 Å². The molecule has 2 N–H and O–H groups in total. The number of phosphoric ester groups is 1. The first kappa shape index (κ1) is 24.4. The minimum Gasteiger partial charge on any atom is -0.387 e. The van der Waals surface area contributed by atoms with E-state index in [4.69, 9.17) is 29.9 Å². The summed E-state index contributed by atoms with van der Waals surface area (Å²) in [6, 6.07) is 7.27. The van der Waals surface area contributed by atoms with Crippen molar-refractivity contribution in [3.63, 3.8) is 0 Å². The Labute approximate surface area is 194 Å². The van der Waals surface area contributed by atoms with E-state index < -0.39 is 50.9 Å². The molecule has 0 spiro atoms. The summed E-state index contributed by atoms with van der Waals surface area (Å²) in [4.78, 5) is 11.6. The molecule has 2 fully saturated rings. The molecule has 0 radical (unpaired) electrons. The average Bonchev–Trinajstić information content (AvgIpc) is 3.08. The number of aliphatic hydroxyl groups is 2. The van der Waals surface area contributed by atoms with Crippen LogP contribution < -0.4 is 4.57 Å². The molecule has 1 aromatic heterocycles. The third-order valence-electron chi connectivity index (χ3n) is 5.46. The molecule has 4 rings (SSSR count). The largest absolute Gasteiger partial charge is 0.475 e. The summed E-state index contributed by atoms with van der Waals surface area (Å²) < 4.78 is 49.7. The molecule has 2 aromatic rings. The Hall–Kier alpha value is -1.75. The fourth-order valence-electron chi connectivity index (χ4n) is 3.66. The zero-order chi connectivity index (χ0) is 23.8. The first-order chi connectivity index (χ1) is 15.7. The van der Waals surface area contributed by atoms with Gasteiger partial charge in [-0.3, -0.25) is 18.4 Å². The van der Waals surface area contributed by atoms with Gasteiger partial charge in [0, 0.05) is 12.5 Å². The van der Waals surface area contributed by atoms with Crippen LogP contribution in [0.3, 0.4) is 0 Å². The summed E-state index contributed by atoms with van der Waals surface area (Å²) in [5.41, 5.74) is 0.922. The molecular weight excluding hydrogens is 480 g/mol. The number of carbonyl (C=O) groups is 1. The minimum absolute atomic E-state index is 0.0595. The van der Waals surface area contributed by atoms with Crippen LogP contribution in [0.4, 0.5) is 4.39 Å². The predicted molar refractivity (Wildman–Crippen MR) is 112 cm³/mol. The van der Waals surface area contributed by atoms with E-state index in [0.29, 0.717) is 17.5 Å². The SMILES string of the molecule is CC(=O)c1ccc[n+]([C@@H]2OC(COP3(=O)OCCC(c4ccc(F)c(Cl)c4)O3)[C@@H](O)[C@H]2O)c1. The molecule has 9 nitrogen and oxygen atoms in total. The van der Waals surface area contributed by atoms with Gasteiger partial charge in [0.05, 0.1) is 29.9 Å². The zero-order valence-corrected chi connectivity index (χ0v) is 19.2. The minimum atomic E-state index is -4.03. The summed E-state index contributed by atoms with van der Waals surface area (Å²) in [7, 11) is -4.03. The summed E-state index contributed by atoms with van der Waals surface area (Å²) in [6.45, 7) is 1.08. The number of ether oxygens (including phenoxy) is 1. The van der Waals surface area contributed by atoms with E-state index in [9.17, 15) is 24.0 Å². The van der Waals surface area contributed by atoms with Gasteiger partial charge in [0.1, 0.15) is 18.0 Å². The maximum absolute atomic E-state index is 13.4. The Morgan fingerprint density at radius 2 is 2.12 bits per heavy atom. The maximum Gasteiger partial charge on any atom is 0.475 e. The lowest BCUT2D eigenvalue weighted by Crippen LogP contribution is -2.46. The van der Waals surface area contributed by atoms with E-state index in [2.05, 4.69) is 0 Å². The monoisotopic (exact) mass is 502 g/mol. The van der Waals surface area contributed by atoms with Crippen LogP contribution in [-0.4, -0.2) is 47.5 Å². The first-order valence-electron chi connectivity index (χ1n) is 10.2. The number of hydrogen-bond acceptors (Lipinski definition) is 8. The highest BCUT2D eigenvalue weighted by Crippen LogP contribution is 2.57. The van der Waals surface area contributed by atoms with Crippen molar-refractivity contribution >= 4 is 25.2 Å². The zero-order valence-electron chi connectivity index (χ0n) is 17.5. The molecule has 0 amide bonds.